The lowest BCUT2D eigenvalue weighted by Gasteiger charge is -2.06. The number of thiophene rings is 1. The molecule has 0 bridgehead atoms. The number of aryl methyl sites for hydroxylation is 2. The van der Waals surface area contributed by atoms with E-state index < -0.39 is 5.91 Å². The van der Waals surface area contributed by atoms with Gasteiger partial charge in [0.15, 0.2) is 0 Å². The molecular formula is C16H15N3O2S. The Hall–Kier alpha value is -2.47. The summed E-state index contributed by atoms with van der Waals surface area (Å²) in [6.07, 6.45) is 1.52. The molecule has 6 heteroatoms. The predicted octanol–water partition coefficient (Wildman–Crippen LogP) is 2.22. The average Bonchev–Trinajstić information content (AvgIpc) is 2.82. The maximum atomic E-state index is 12.6. The molecule has 0 unspecified atom stereocenters. The zero-order valence-electron chi connectivity index (χ0n) is 12.3. The van der Waals surface area contributed by atoms with E-state index in [1.165, 1.54) is 11.9 Å². The van der Waals surface area contributed by atoms with Crippen molar-refractivity contribution in [2.45, 2.75) is 20.4 Å². The smallest absolute Gasteiger partial charge is 0.262 e. The number of hydrogen-bond donors (Lipinski definition) is 1. The van der Waals surface area contributed by atoms with Gasteiger partial charge in [-0.15, -0.1) is 11.3 Å². The molecule has 22 heavy (non-hydrogen) atoms. The summed E-state index contributed by atoms with van der Waals surface area (Å²) >= 11 is 1.16. The predicted molar refractivity (Wildman–Crippen MR) is 87.4 cm³/mol. The Morgan fingerprint density at radius 1 is 1.27 bits per heavy atom. The standard InChI is InChI=1S/C16H15N3O2S/c1-9-3-5-11(6-4-9)7-19-8-18-15-12(16(19)21)10(2)13(22-15)14(17)20/h3-6,8H,7H2,1-2H3,(H2,17,20). The number of rotatable bonds is 3. The van der Waals surface area contributed by atoms with E-state index in [0.717, 1.165) is 16.9 Å². The topological polar surface area (TPSA) is 78.0 Å². The molecule has 0 radical (unpaired) electrons. The third-order valence-corrected chi connectivity index (χ3v) is 4.83. The lowest BCUT2D eigenvalue weighted by molar-refractivity contribution is 0.100. The van der Waals surface area contributed by atoms with Crippen molar-refractivity contribution < 1.29 is 4.79 Å². The minimum absolute atomic E-state index is 0.146. The van der Waals surface area contributed by atoms with Crippen molar-refractivity contribution in [3.8, 4) is 0 Å². The zero-order valence-corrected chi connectivity index (χ0v) is 13.1. The van der Waals surface area contributed by atoms with Crippen LogP contribution in [0.25, 0.3) is 10.2 Å². The van der Waals surface area contributed by atoms with E-state index >= 15 is 0 Å². The molecule has 0 fully saturated rings. The number of aromatic nitrogens is 2. The summed E-state index contributed by atoms with van der Waals surface area (Å²) in [7, 11) is 0. The summed E-state index contributed by atoms with van der Waals surface area (Å²) in [6.45, 7) is 4.20. The number of amides is 1. The number of carbonyl (C=O) groups is 1. The van der Waals surface area contributed by atoms with E-state index in [2.05, 4.69) is 4.98 Å². The van der Waals surface area contributed by atoms with Crippen LogP contribution in [0.3, 0.4) is 0 Å². The molecule has 0 aliphatic rings. The van der Waals surface area contributed by atoms with E-state index in [4.69, 9.17) is 5.73 Å². The van der Waals surface area contributed by atoms with E-state index in [0.29, 0.717) is 27.2 Å². The zero-order chi connectivity index (χ0) is 15.9. The molecule has 2 aromatic heterocycles. The number of hydrogen-bond acceptors (Lipinski definition) is 4. The Bertz CT molecular complexity index is 923. The van der Waals surface area contributed by atoms with Gasteiger partial charge < -0.3 is 5.73 Å². The van der Waals surface area contributed by atoms with Crippen molar-refractivity contribution in [2.75, 3.05) is 0 Å². The van der Waals surface area contributed by atoms with E-state index in [9.17, 15) is 9.59 Å². The van der Waals surface area contributed by atoms with Crippen LogP contribution in [0.15, 0.2) is 35.4 Å². The molecule has 3 rings (SSSR count). The van der Waals surface area contributed by atoms with Gasteiger partial charge in [0.2, 0.25) is 0 Å². The number of fused-ring (bicyclic) bond motifs is 1. The third-order valence-electron chi connectivity index (χ3n) is 3.61. The second kappa shape index (κ2) is 5.38. The number of carbonyl (C=O) groups excluding carboxylic acids is 1. The van der Waals surface area contributed by atoms with Crippen molar-refractivity contribution in [2.24, 2.45) is 5.73 Å². The highest BCUT2D eigenvalue weighted by Gasteiger charge is 2.17. The van der Waals surface area contributed by atoms with Gasteiger partial charge in [0.1, 0.15) is 4.83 Å². The fourth-order valence-electron chi connectivity index (χ4n) is 2.40. The van der Waals surface area contributed by atoms with Crippen LogP contribution in [0.1, 0.15) is 26.4 Å². The quantitative estimate of drug-likeness (QED) is 0.805. The van der Waals surface area contributed by atoms with Crippen molar-refractivity contribution in [1.82, 2.24) is 9.55 Å². The van der Waals surface area contributed by atoms with Gasteiger partial charge in [0.25, 0.3) is 11.5 Å². The molecule has 5 nitrogen and oxygen atoms in total. The highest BCUT2D eigenvalue weighted by Crippen LogP contribution is 2.26. The largest absolute Gasteiger partial charge is 0.365 e. The summed E-state index contributed by atoms with van der Waals surface area (Å²) in [6, 6.07) is 7.99. The monoisotopic (exact) mass is 313 g/mol. The summed E-state index contributed by atoms with van der Waals surface area (Å²) in [5, 5.41) is 0.480. The first-order chi connectivity index (χ1) is 10.5. The maximum absolute atomic E-state index is 12.6. The first-order valence-electron chi connectivity index (χ1n) is 6.81. The normalized spacial score (nSPS) is 11.0. The van der Waals surface area contributed by atoms with Crippen molar-refractivity contribution in [3.05, 3.63) is 62.5 Å². The summed E-state index contributed by atoms with van der Waals surface area (Å²) in [5.74, 6) is -0.523. The van der Waals surface area contributed by atoms with Crippen LogP contribution in [0.4, 0.5) is 0 Å². The fraction of sp³-hybridized carbons (Fsp3) is 0.188. The van der Waals surface area contributed by atoms with Crippen LogP contribution >= 0.6 is 11.3 Å². The van der Waals surface area contributed by atoms with Gasteiger partial charge in [-0.3, -0.25) is 14.2 Å². The Kier molecular flexibility index (Phi) is 3.54. The second-order valence-corrected chi connectivity index (χ2v) is 6.26. The molecule has 0 aliphatic heterocycles. The van der Waals surface area contributed by atoms with E-state index in [1.807, 2.05) is 31.2 Å². The molecule has 112 valence electrons. The van der Waals surface area contributed by atoms with E-state index in [-0.39, 0.29) is 5.56 Å². The number of benzene rings is 1. The van der Waals surface area contributed by atoms with E-state index in [1.54, 1.807) is 11.5 Å². The summed E-state index contributed by atoms with van der Waals surface area (Å²) < 4.78 is 1.55. The Morgan fingerprint density at radius 3 is 2.59 bits per heavy atom. The van der Waals surface area contributed by atoms with Crippen LogP contribution in [-0.2, 0) is 6.54 Å². The van der Waals surface area contributed by atoms with Crippen molar-refractivity contribution in [3.63, 3.8) is 0 Å². The van der Waals surface area contributed by atoms with Crippen LogP contribution < -0.4 is 11.3 Å². The van der Waals surface area contributed by atoms with Crippen molar-refractivity contribution in [1.29, 1.82) is 0 Å². The first kappa shape index (κ1) is 14.5. The number of nitrogens with zero attached hydrogens (tertiary/aromatic N) is 2. The van der Waals surface area contributed by atoms with Crippen molar-refractivity contribution >= 4 is 27.5 Å². The van der Waals surface area contributed by atoms with Gasteiger partial charge in [-0.1, -0.05) is 29.8 Å². The number of primary amides is 1. The molecule has 0 spiro atoms. The molecule has 0 saturated carbocycles. The second-order valence-electron chi connectivity index (χ2n) is 5.26. The van der Waals surface area contributed by atoms with Crippen LogP contribution in [0, 0.1) is 13.8 Å². The van der Waals surface area contributed by atoms with Gasteiger partial charge >= 0.3 is 0 Å². The fourth-order valence-corrected chi connectivity index (χ4v) is 3.39. The van der Waals surface area contributed by atoms with Gasteiger partial charge in [0, 0.05) is 0 Å². The van der Waals surface area contributed by atoms with Crippen LogP contribution in [0.5, 0.6) is 0 Å². The maximum Gasteiger partial charge on any atom is 0.262 e. The molecule has 2 heterocycles. The minimum atomic E-state index is -0.523. The first-order valence-corrected chi connectivity index (χ1v) is 7.63. The molecule has 2 N–H and O–H groups in total. The lowest BCUT2D eigenvalue weighted by Crippen LogP contribution is -2.21. The Morgan fingerprint density at radius 2 is 1.95 bits per heavy atom. The SMILES string of the molecule is Cc1ccc(Cn2cnc3sc(C(N)=O)c(C)c3c2=O)cc1. The highest BCUT2D eigenvalue weighted by molar-refractivity contribution is 7.20. The van der Waals surface area contributed by atoms with Gasteiger partial charge in [0.05, 0.1) is 23.1 Å². The van der Waals surface area contributed by atoms with Gasteiger partial charge in [-0.25, -0.2) is 4.98 Å². The Balaban J connectivity index is 2.10. The van der Waals surface area contributed by atoms with Crippen LogP contribution in [-0.4, -0.2) is 15.5 Å². The lowest BCUT2D eigenvalue weighted by atomic mass is 10.1. The molecule has 0 aliphatic carbocycles. The molecule has 1 aromatic carbocycles. The average molecular weight is 313 g/mol. The molecular weight excluding hydrogens is 298 g/mol. The Labute approximate surface area is 131 Å². The summed E-state index contributed by atoms with van der Waals surface area (Å²) in [4.78, 5) is 29.3. The molecule has 1 amide bonds. The molecule has 0 saturated heterocycles. The third kappa shape index (κ3) is 2.42. The minimum Gasteiger partial charge on any atom is -0.365 e. The summed E-state index contributed by atoms with van der Waals surface area (Å²) in [5.41, 5.74) is 8.00. The highest BCUT2D eigenvalue weighted by atomic mass is 32.1. The van der Waals surface area contributed by atoms with Crippen LogP contribution in [0.2, 0.25) is 0 Å². The molecule has 0 atom stereocenters. The van der Waals surface area contributed by atoms with Gasteiger partial charge in [-0.2, -0.15) is 0 Å². The molecule has 3 aromatic rings. The van der Waals surface area contributed by atoms with Gasteiger partial charge in [-0.05, 0) is 25.0 Å². The number of nitrogens with two attached hydrogens (primary N) is 1.